The topological polar surface area (TPSA) is 107 Å². The standard InChI is InChI=1S/C36H33N3O5/c40-32(22-33(41)42)38-20-18-36(24-38)19-21-39(31-13-7-4-10-27(31)23-36)35(44)26-14-16-28(17-15-26)37-34(43)30-12-6-5-11-29(30)25-8-2-1-3-9-25/h1-17H,18-24H2,(H,37,43)(H,41,42). The molecule has 2 aliphatic heterocycles. The van der Waals surface area contributed by atoms with Crippen molar-refractivity contribution in [3.8, 4) is 11.1 Å². The van der Waals surface area contributed by atoms with Gasteiger partial charge in [-0.3, -0.25) is 19.2 Å². The third-order valence-corrected chi connectivity index (χ3v) is 8.70. The number of anilines is 2. The molecule has 0 aromatic heterocycles. The number of nitrogens with zero attached hydrogens (tertiary/aromatic N) is 2. The van der Waals surface area contributed by atoms with Gasteiger partial charge in [0.2, 0.25) is 5.91 Å². The number of benzene rings is 4. The summed E-state index contributed by atoms with van der Waals surface area (Å²) in [6.45, 7) is 1.48. The highest BCUT2D eigenvalue weighted by Crippen LogP contribution is 2.43. The smallest absolute Gasteiger partial charge is 0.312 e. The van der Waals surface area contributed by atoms with Gasteiger partial charge in [-0.1, -0.05) is 66.7 Å². The molecule has 3 amide bonds. The molecule has 0 aliphatic carbocycles. The Labute approximate surface area is 255 Å². The van der Waals surface area contributed by atoms with Gasteiger partial charge < -0.3 is 20.2 Å². The molecular formula is C36H33N3O5. The lowest BCUT2D eigenvalue weighted by Gasteiger charge is -2.28. The van der Waals surface area contributed by atoms with E-state index in [-0.39, 0.29) is 23.1 Å². The van der Waals surface area contributed by atoms with E-state index in [1.807, 2.05) is 72.8 Å². The quantitative estimate of drug-likeness (QED) is 0.274. The lowest BCUT2D eigenvalue weighted by Crippen LogP contribution is -2.36. The van der Waals surface area contributed by atoms with Crippen LogP contribution in [0.3, 0.4) is 0 Å². The molecule has 1 spiro atoms. The first-order chi connectivity index (χ1) is 21.3. The third-order valence-electron chi connectivity index (χ3n) is 8.70. The van der Waals surface area contributed by atoms with Crippen molar-refractivity contribution >= 4 is 35.1 Å². The zero-order chi connectivity index (χ0) is 30.7. The zero-order valence-corrected chi connectivity index (χ0v) is 24.2. The Morgan fingerprint density at radius 2 is 1.45 bits per heavy atom. The molecule has 1 unspecified atom stereocenters. The van der Waals surface area contributed by atoms with E-state index < -0.39 is 12.4 Å². The average molecular weight is 588 g/mol. The molecule has 1 atom stereocenters. The first kappa shape index (κ1) is 28.9. The number of para-hydroxylation sites is 1. The van der Waals surface area contributed by atoms with Crippen molar-refractivity contribution in [2.45, 2.75) is 25.7 Å². The number of carbonyl (C=O) groups is 4. The fourth-order valence-corrected chi connectivity index (χ4v) is 6.43. The molecular weight excluding hydrogens is 554 g/mol. The van der Waals surface area contributed by atoms with Gasteiger partial charge in [-0.05, 0) is 77.8 Å². The summed E-state index contributed by atoms with van der Waals surface area (Å²) in [7, 11) is 0. The highest BCUT2D eigenvalue weighted by Gasteiger charge is 2.43. The minimum atomic E-state index is -1.12. The molecule has 2 N–H and O–H groups in total. The highest BCUT2D eigenvalue weighted by atomic mass is 16.4. The van der Waals surface area contributed by atoms with Crippen LogP contribution in [0.4, 0.5) is 11.4 Å². The number of amides is 3. The number of fused-ring (bicyclic) bond motifs is 1. The van der Waals surface area contributed by atoms with Gasteiger partial charge >= 0.3 is 5.97 Å². The molecule has 2 aliphatic rings. The van der Waals surface area contributed by atoms with Gasteiger partial charge in [-0.25, -0.2) is 0 Å². The van der Waals surface area contributed by atoms with Gasteiger partial charge in [0.05, 0.1) is 0 Å². The summed E-state index contributed by atoms with van der Waals surface area (Å²) in [6, 6.07) is 32.0. The van der Waals surface area contributed by atoms with E-state index in [4.69, 9.17) is 5.11 Å². The van der Waals surface area contributed by atoms with E-state index in [0.29, 0.717) is 49.3 Å². The van der Waals surface area contributed by atoms with Crippen molar-refractivity contribution in [2.24, 2.45) is 5.41 Å². The van der Waals surface area contributed by atoms with Crippen LogP contribution in [0.2, 0.25) is 0 Å². The highest BCUT2D eigenvalue weighted by molar-refractivity contribution is 6.10. The second kappa shape index (κ2) is 12.2. The first-order valence-corrected chi connectivity index (χ1v) is 14.8. The third kappa shape index (κ3) is 5.97. The second-order valence-corrected chi connectivity index (χ2v) is 11.6. The Kier molecular flexibility index (Phi) is 7.98. The molecule has 8 nitrogen and oxygen atoms in total. The number of carboxylic acids is 1. The van der Waals surface area contributed by atoms with Crippen molar-refractivity contribution in [2.75, 3.05) is 29.9 Å². The van der Waals surface area contributed by atoms with E-state index in [0.717, 1.165) is 28.8 Å². The number of nitrogens with one attached hydrogen (secondary N) is 1. The molecule has 0 radical (unpaired) electrons. The van der Waals surface area contributed by atoms with E-state index in [2.05, 4.69) is 5.32 Å². The Morgan fingerprint density at radius 1 is 0.773 bits per heavy atom. The molecule has 8 heteroatoms. The van der Waals surface area contributed by atoms with Crippen LogP contribution in [0.15, 0.2) is 103 Å². The predicted molar refractivity (Wildman–Crippen MR) is 169 cm³/mol. The number of carboxylic acid groups (broad SMARTS) is 1. The summed E-state index contributed by atoms with van der Waals surface area (Å²) in [5.41, 5.74) is 5.10. The van der Waals surface area contributed by atoms with Crippen molar-refractivity contribution < 1.29 is 24.3 Å². The van der Waals surface area contributed by atoms with Crippen LogP contribution in [0.25, 0.3) is 11.1 Å². The molecule has 0 saturated carbocycles. The Bertz CT molecular complexity index is 1720. The molecule has 4 aromatic carbocycles. The Hall–Kier alpha value is -5.24. The summed E-state index contributed by atoms with van der Waals surface area (Å²) in [4.78, 5) is 54.2. The molecule has 6 rings (SSSR count). The van der Waals surface area contributed by atoms with E-state index in [1.165, 1.54) is 0 Å². The normalized spacial score (nSPS) is 17.5. The zero-order valence-electron chi connectivity index (χ0n) is 24.2. The van der Waals surface area contributed by atoms with Crippen LogP contribution in [-0.2, 0) is 16.0 Å². The first-order valence-electron chi connectivity index (χ1n) is 14.8. The van der Waals surface area contributed by atoms with E-state index in [9.17, 15) is 19.2 Å². The summed E-state index contributed by atoms with van der Waals surface area (Å²) < 4.78 is 0. The lowest BCUT2D eigenvalue weighted by molar-refractivity contribution is -0.144. The molecule has 4 aromatic rings. The monoisotopic (exact) mass is 587 g/mol. The van der Waals surface area contributed by atoms with E-state index >= 15 is 0 Å². The molecule has 222 valence electrons. The number of carbonyl (C=O) groups excluding carboxylic acids is 3. The maximum Gasteiger partial charge on any atom is 0.312 e. The number of likely N-dealkylation sites (tertiary alicyclic amines) is 1. The van der Waals surface area contributed by atoms with Crippen LogP contribution in [0.1, 0.15) is 45.5 Å². The summed E-state index contributed by atoms with van der Waals surface area (Å²) in [6.07, 6.45) is 1.66. The largest absolute Gasteiger partial charge is 0.481 e. The summed E-state index contributed by atoms with van der Waals surface area (Å²) in [5, 5.41) is 12.0. The summed E-state index contributed by atoms with van der Waals surface area (Å²) in [5.74, 6) is -1.86. The Balaban J connectivity index is 1.18. The van der Waals surface area contributed by atoms with Crippen molar-refractivity contribution in [3.05, 3.63) is 120 Å². The Morgan fingerprint density at radius 3 is 2.23 bits per heavy atom. The summed E-state index contributed by atoms with van der Waals surface area (Å²) >= 11 is 0. The maximum atomic E-state index is 13.9. The van der Waals surface area contributed by atoms with Gasteiger partial charge in [0.25, 0.3) is 11.8 Å². The van der Waals surface area contributed by atoms with Gasteiger partial charge in [0.15, 0.2) is 0 Å². The minimum Gasteiger partial charge on any atom is -0.481 e. The fraction of sp³-hybridized carbons (Fsp3) is 0.222. The SMILES string of the molecule is O=C(O)CC(=O)N1CCC2(CCN(C(=O)c3ccc(NC(=O)c4ccccc4-c4ccccc4)cc3)c3ccccc3C2)C1. The predicted octanol–water partition coefficient (Wildman–Crippen LogP) is 5.89. The fourth-order valence-electron chi connectivity index (χ4n) is 6.43. The van der Waals surface area contributed by atoms with Gasteiger partial charge in [-0.15, -0.1) is 0 Å². The molecule has 1 saturated heterocycles. The molecule has 1 fully saturated rings. The lowest BCUT2D eigenvalue weighted by atomic mass is 9.78. The second-order valence-electron chi connectivity index (χ2n) is 11.6. The molecule has 44 heavy (non-hydrogen) atoms. The number of aliphatic carboxylic acids is 1. The minimum absolute atomic E-state index is 0.140. The average Bonchev–Trinajstić information content (AvgIpc) is 3.38. The van der Waals surface area contributed by atoms with Crippen LogP contribution < -0.4 is 10.2 Å². The van der Waals surface area contributed by atoms with Crippen LogP contribution in [0.5, 0.6) is 0 Å². The maximum absolute atomic E-state index is 13.9. The number of hydrogen-bond donors (Lipinski definition) is 2. The van der Waals surface area contributed by atoms with Gasteiger partial charge in [0.1, 0.15) is 6.42 Å². The van der Waals surface area contributed by atoms with Gasteiger partial charge in [-0.2, -0.15) is 0 Å². The van der Waals surface area contributed by atoms with Crippen LogP contribution in [-0.4, -0.2) is 53.3 Å². The van der Waals surface area contributed by atoms with Crippen molar-refractivity contribution in [1.82, 2.24) is 4.90 Å². The van der Waals surface area contributed by atoms with Crippen LogP contribution in [0, 0.1) is 5.41 Å². The number of hydrogen-bond acceptors (Lipinski definition) is 4. The van der Waals surface area contributed by atoms with Gasteiger partial charge in [0, 0.05) is 42.1 Å². The molecule has 0 bridgehead atoms. The number of rotatable bonds is 6. The van der Waals surface area contributed by atoms with Crippen molar-refractivity contribution in [3.63, 3.8) is 0 Å². The van der Waals surface area contributed by atoms with E-state index in [1.54, 1.807) is 40.1 Å². The van der Waals surface area contributed by atoms with Crippen molar-refractivity contribution in [1.29, 1.82) is 0 Å². The molecule has 2 heterocycles. The van der Waals surface area contributed by atoms with Crippen LogP contribution >= 0.6 is 0 Å².